The predicted molar refractivity (Wildman–Crippen MR) is 122 cm³/mol. The lowest BCUT2D eigenvalue weighted by molar-refractivity contribution is 0.0563. The van der Waals surface area contributed by atoms with Crippen LogP contribution < -0.4 is 11.1 Å². The van der Waals surface area contributed by atoms with E-state index in [2.05, 4.69) is 5.32 Å². The second-order valence-electron chi connectivity index (χ2n) is 7.76. The van der Waals surface area contributed by atoms with Crippen LogP contribution in [0.2, 0.25) is 0 Å². The molecule has 168 valence electrons. The summed E-state index contributed by atoms with van der Waals surface area (Å²) < 4.78 is 5.07. The minimum absolute atomic E-state index is 0.00945. The van der Waals surface area contributed by atoms with Crippen molar-refractivity contribution in [2.75, 3.05) is 13.2 Å². The van der Waals surface area contributed by atoms with Gasteiger partial charge in [0.1, 0.15) is 17.3 Å². The number of amidine groups is 2. The summed E-state index contributed by atoms with van der Waals surface area (Å²) in [5, 5.41) is 34.7. The molecule has 0 unspecified atom stereocenters. The van der Waals surface area contributed by atoms with E-state index in [1.165, 1.54) is 0 Å². The number of carbonyl (C=O) groups excluding carboxylic acids is 1. The Bertz CT molecular complexity index is 857. The van der Waals surface area contributed by atoms with Crippen LogP contribution in [0, 0.1) is 10.8 Å². The first-order valence-electron chi connectivity index (χ1n) is 9.88. The highest BCUT2D eigenvalue weighted by Gasteiger charge is 2.17. The molecule has 0 aliphatic rings. The Morgan fingerprint density at radius 2 is 1.32 bits per heavy atom. The molecule has 2 rings (SSSR count). The van der Waals surface area contributed by atoms with Crippen LogP contribution in [-0.4, -0.2) is 46.8 Å². The predicted octanol–water partition coefficient (Wildman–Crippen LogP) is 2.58. The van der Waals surface area contributed by atoms with Gasteiger partial charge in [-0.25, -0.2) is 4.79 Å². The van der Waals surface area contributed by atoms with Gasteiger partial charge in [-0.05, 0) is 44.7 Å². The number of aliphatic hydroxyl groups excluding tert-OH is 2. The van der Waals surface area contributed by atoms with E-state index in [0.29, 0.717) is 18.4 Å². The number of ether oxygens (including phenoxy) is 1. The second-order valence-corrected chi connectivity index (χ2v) is 7.76. The highest BCUT2D eigenvalue weighted by molar-refractivity contribution is 6.04. The minimum atomic E-state index is -0.642. The molecule has 0 atom stereocenters. The van der Waals surface area contributed by atoms with Crippen molar-refractivity contribution in [2.45, 2.75) is 39.2 Å². The second kappa shape index (κ2) is 12.5. The van der Waals surface area contributed by atoms with Crippen molar-refractivity contribution in [3.8, 4) is 0 Å². The number of nitrogen functional groups attached to an aromatic ring is 1. The molecule has 0 fully saturated rings. The van der Waals surface area contributed by atoms with Crippen LogP contribution in [0.15, 0.2) is 48.5 Å². The van der Waals surface area contributed by atoms with Gasteiger partial charge in [-0.3, -0.25) is 16.1 Å². The molecule has 8 nitrogen and oxygen atoms in total. The lowest BCUT2D eigenvalue weighted by atomic mass is 10.1. The molecule has 2 aromatic rings. The molecule has 0 aliphatic carbocycles. The molecule has 0 saturated heterocycles. The molecular weight excluding hydrogens is 396 g/mol. The largest absolute Gasteiger partial charge is 0.444 e. The molecule has 0 heterocycles. The van der Waals surface area contributed by atoms with Gasteiger partial charge in [0.05, 0.1) is 0 Å². The van der Waals surface area contributed by atoms with Gasteiger partial charge in [0, 0.05) is 24.3 Å². The van der Waals surface area contributed by atoms with Crippen molar-refractivity contribution in [3.63, 3.8) is 0 Å². The van der Waals surface area contributed by atoms with Crippen molar-refractivity contribution in [3.05, 3.63) is 70.8 Å². The van der Waals surface area contributed by atoms with Crippen molar-refractivity contribution >= 4 is 17.8 Å². The maximum atomic E-state index is 11.5. The number of alkyl carbamates (subject to hydrolysis) is 1. The molecule has 0 bridgehead atoms. The molecule has 2 aromatic carbocycles. The maximum absolute atomic E-state index is 11.5. The first-order chi connectivity index (χ1) is 14.6. The van der Waals surface area contributed by atoms with Crippen molar-refractivity contribution in [2.24, 2.45) is 5.73 Å². The Hall–Kier alpha value is -3.23. The van der Waals surface area contributed by atoms with E-state index in [9.17, 15) is 4.79 Å². The lowest BCUT2D eigenvalue weighted by Crippen LogP contribution is -2.36. The number of amides is 1. The van der Waals surface area contributed by atoms with Gasteiger partial charge in [0.2, 0.25) is 0 Å². The lowest BCUT2D eigenvalue weighted by Gasteiger charge is -2.19. The number of nitrogens with two attached hydrogens (primary N) is 1. The van der Waals surface area contributed by atoms with Crippen LogP contribution in [0.5, 0.6) is 0 Å². The molecule has 31 heavy (non-hydrogen) atoms. The first kappa shape index (κ1) is 25.8. The summed E-state index contributed by atoms with van der Waals surface area (Å²) in [5.41, 5.74) is 8.03. The molecule has 0 aliphatic heterocycles. The Kier molecular flexibility index (Phi) is 10.4. The van der Waals surface area contributed by atoms with Gasteiger partial charge in [0.15, 0.2) is 0 Å². The molecule has 0 radical (unpaired) electrons. The van der Waals surface area contributed by atoms with Crippen molar-refractivity contribution in [1.82, 2.24) is 5.32 Å². The highest BCUT2D eigenvalue weighted by atomic mass is 16.6. The van der Waals surface area contributed by atoms with Crippen LogP contribution in [-0.2, 0) is 17.6 Å². The van der Waals surface area contributed by atoms with Gasteiger partial charge in [-0.1, -0.05) is 48.5 Å². The summed E-state index contributed by atoms with van der Waals surface area (Å²) in [6.07, 6.45) is 0.586. The van der Waals surface area contributed by atoms with Crippen LogP contribution in [0.3, 0.4) is 0 Å². The van der Waals surface area contributed by atoms with Crippen LogP contribution >= 0.6 is 0 Å². The Morgan fingerprint density at radius 3 is 1.68 bits per heavy atom. The van der Waals surface area contributed by atoms with E-state index in [-0.39, 0.29) is 24.9 Å². The molecular formula is C23H32N4O4. The third-order valence-corrected chi connectivity index (χ3v) is 3.93. The fourth-order valence-corrected chi connectivity index (χ4v) is 2.43. The summed E-state index contributed by atoms with van der Waals surface area (Å²) in [7, 11) is 0. The zero-order valence-corrected chi connectivity index (χ0v) is 18.2. The quantitative estimate of drug-likeness (QED) is 0.308. The van der Waals surface area contributed by atoms with Gasteiger partial charge in [-0.2, -0.15) is 0 Å². The van der Waals surface area contributed by atoms with E-state index in [0.717, 1.165) is 16.7 Å². The standard InChI is InChI=1S/C14H20N2O3.C9H12N2O/c1-14(2,3)19-13(18)16-12(15)11-6-4-10(5-7-11)8-9-17;10-9(11)8-3-1-7(2-4-8)5-6-12/h4-7,17H,8-9H2,1-3H3,(H2,15,16,18);1-4,12H,5-6H2,(H3,10,11). The van der Waals surface area contributed by atoms with Gasteiger partial charge in [0.25, 0.3) is 0 Å². The summed E-state index contributed by atoms with van der Waals surface area (Å²) in [5.74, 6) is 0.0651. The summed E-state index contributed by atoms with van der Waals surface area (Å²) >= 11 is 0. The molecule has 1 amide bonds. The summed E-state index contributed by atoms with van der Waals surface area (Å²) in [4.78, 5) is 11.5. The summed E-state index contributed by atoms with van der Waals surface area (Å²) in [6, 6.07) is 14.4. The van der Waals surface area contributed by atoms with Gasteiger partial charge >= 0.3 is 6.09 Å². The third kappa shape index (κ3) is 10.4. The third-order valence-electron chi connectivity index (χ3n) is 3.93. The van der Waals surface area contributed by atoms with Crippen LogP contribution in [0.25, 0.3) is 0 Å². The number of hydrogen-bond donors (Lipinski definition) is 6. The Morgan fingerprint density at radius 1 is 0.903 bits per heavy atom. The molecule has 7 N–H and O–H groups in total. The average Bonchev–Trinajstić information content (AvgIpc) is 2.68. The zero-order valence-electron chi connectivity index (χ0n) is 18.2. The summed E-state index contributed by atoms with van der Waals surface area (Å²) in [6.45, 7) is 5.53. The number of carbonyl (C=O) groups is 1. The number of aliphatic hydroxyl groups is 2. The Labute approximate surface area is 183 Å². The van der Waals surface area contributed by atoms with E-state index in [4.69, 9.17) is 31.5 Å². The van der Waals surface area contributed by atoms with E-state index >= 15 is 0 Å². The van der Waals surface area contributed by atoms with Crippen molar-refractivity contribution < 1.29 is 19.7 Å². The van der Waals surface area contributed by atoms with E-state index in [1.807, 2.05) is 24.3 Å². The number of hydrogen-bond acceptors (Lipinski definition) is 6. The average molecular weight is 429 g/mol. The Balaban J connectivity index is 0.000000343. The number of rotatable bonds is 6. The normalized spacial score (nSPS) is 10.5. The number of benzene rings is 2. The molecule has 0 saturated carbocycles. The molecule has 0 aromatic heterocycles. The van der Waals surface area contributed by atoms with Crippen LogP contribution in [0.4, 0.5) is 4.79 Å². The fourth-order valence-electron chi connectivity index (χ4n) is 2.43. The zero-order chi connectivity index (χ0) is 23.4. The highest BCUT2D eigenvalue weighted by Crippen LogP contribution is 2.08. The van der Waals surface area contributed by atoms with Crippen molar-refractivity contribution in [1.29, 1.82) is 10.8 Å². The monoisotopic (exact) mass is 428 g/mol. The van der Waals surface area contributed by atoms with Gasteiger partial charge in [-0.15, -0.1) is 0 Å². The minimum Gasteiger partial charge on any atom is -0.444 e. The fraction of sp³-hybridized carbons (Fsp3) is 0.348. The molecule has 8 heteroatoms. The van der Waals surface area contributed by atoms with Crippen LogP contribution in [0.1, 0.15) is 43.0 Å². The maximum Gasteiger partial charge on any atom is 0.413 e. The smallest absolute Gasteiger partial charge is 0.413 e. The SMILES string of the molecule is CC(C)(C)OC(=O)NC(=N)c1ccc(CCO)cc1.N=C(N)c1ccc(CCO)cc1. The van der Waals surface area contributed by atoms with Gasteiger partial charge < -0.3 is 20.7 Å². The van der Waals surface area contributed by atoms with E-state index < -0.39 is 11.7 Å². The molecule has 0 spiro atoms. The number of nitrogens with one attached hydrogen (secondary N) is 3. The topological polar surface area (TPSA) is 153 Å². The van der Waals surface area contributed by atoms with E-state index in [1.54, 1.807) is 45.0 Å². The first-order valence-corrected chi connectivity index (χ1v) is 9.88.